The molecular formula is C27H29F2N. The van der Waals surface area contributed by atoms with E-state index < -0.39 is 11.6 Å². The van der Waals surface area contributed by atoms with E-state index in [-0.39, 0.29) is 5.56 Å². The van der Waals surface area contributed by atoms with Gasteiger partial charge in [0.15, 0.2) is 11.6 Å². The predicted octanol–water partition coefficient (Wildman–Crippen LogP) is 8.17. The van der Waals surface area contributed by atoms with Crippen LogP contribution in [0.15, 0.2) is 60.7 Å². The van der Waals surface area contributed by atoms with Crippen LogP contribution in [0.1, 0.15) is 56.9 Å². The van der Waals surface area contributed by atoms with E-state index in [0.717, 1.165) is 24.2 Å². The van der Waals surface area contributed by atoms with Crippen molar-refractivity contribution in [3.8, 4) is 22.3 Å². The SMILES string of the molecule is CCCNc1ccc(-c2ccc(-c3ccc(C4CCCCC4)cc3)c(F)c2F)cc1. The molecule has 30 heavy (non-hydrogen) atoms. The second-order valence-electron chi connectivity index (χ2n) is 8.25. The molecule has 0 aromatic heterocycles. The summed E-state index contributed by atoms with van der Waals surface area (Å²) in [6, 6.07) is 18.8. The van der Waals surface area contributed by atoms with E-state index in [1.54, 1.807) is 12.1 Å². The van der Waals surface area contributed by atoms with Gasteiger partial charge < -0.3 is 5.32 Å². The van der Waals surface area contributed by atoms with Crippen molar-refractivity contribution in [2.45, 2.75) is 51.4 Å². The fourth-order valence-corrected chi connectivity index (χ4v) is 4.40. The molecule has 1 nitrogen and oxygen atoms in total. The maximum atomic E-state index is 14.9. The van der Waals surface area contributed by atoms with Crippen molar-refractivity contribution in [3.63, 3.8) is 0 Å². The Labute approximate surface area is 178 Å². The normalized spacial score (nSPS) is 14.6. The molecule has 1 aliphatic carbocycles. The quantitative estimate of drug-likeness (QED) is 0.436. The van der Waals surface area contributed by atoms with Crippen LogP contribution in [0.5, 0.6) is 0 Å². The van der Waals surface area contributed by atoms with Gasteiger partial charge in [0.1, 0.15) is 0 Å². The van der Waals surface area contributed by atoms with Gasteiger partial charge in [0.25, 0.3) is 0 Å². The Kier molecular flexibility index (Phi) is 6.47. The number of benzene rings is 3. The maximum Gasteiger partial charge on any atom is 0.167 e. The smallest absolute Gasteiger partial charge is 0.167 e. The summed E-state index contributed by atoms with van der Waals surface area (Å²) in [5.41, 5.74) is 4.29. The fraction of sp³-hybridized carbons (Fsp3) is 0.333. The molecule has 0 unspecified atom stereocenters. The first-order valence-electron chi connectivity index (χ1n) is 11.1. The average molecular weight is 406 g/mol. The molecule has 0 amide bonds. The molecular weight excluding hydrogens is 376 g/mol. The summed E-state index contributed by atoms with van der Waals surface area (Å²) in [5, 5.41) is 3.29. The van der Waals surface area contributed by atoms with Crippen molar-refractivity contribution in [2.75, 3.05) is 11.9 Å². The Bertz CT molecular complexity index is 971. The molecule has 0 bridgehead atoms. The first-order valence-corrected chi connectivity index (χ1v) is 11.1. The zero-order chi connectivity index (χ0) is 20.9. The molecule has 1 fully saturated rings. The Morgan fingerprint density at radius 1 is 0.733 bits per heavy atom. The van der Waals surface area contributed by atoms with Gasteiger partial charge in [0.2, 0.25) is 0 Å². The number of halogens is 2. The highest BCUT2D eigenvalue weighted by Gasteiger charge is 2.18. The zero-order valence-electron chi connectivity index (χ0n) is 17.6. The third kappa shape index (κ3) is 4.40. The number of nitrogens with one attached hydrogen (secondary N) is 1. The summed E-state index contributed by atoms with van der Waals surface area (Å²) in [6.45, 7) is 2.99. The van der Waals surface area contributed by atoms with Gasteiger partial charge in [-0.25, -0.2) is 8.78 Å². The third-order valence-electron chi connectivity index (χ3n) is 6.16. The van der Waals surface area contributed by atoms with E-state index in [9.17, 15) is 8.78 Å². The molecule has 0 saturated heterocycles. The predicted molar refractivity (Wildman–Crippen MR) is 122 cm³/mol. The van der Waals surface area contributed by atoms with Gasteiger partial charge in [0.05, 0.1) is 0 Å². The summed E-state index contributed by atoms with van der Waals surface area (Å²) in [5.74, 6) is -0.976. The summed E-state index contributed by atoms with van der Waals surface area (Å²) >= 11 is 0. The van der Waals surface area contributed by atoms with Crippen LogP contribution in [-0.2, 0) is 0 Å². The fourth-order valence-electron chi connectivity index (χ4n) is 4.40. The van der Waals surface area contributed by atoms with Crippen molar-refractivity contribution in [1.29, 1.82) is 0 Å². The minimum Gasteiger partial charge on any atom is -0.385 e. The first kappa shape index (κ1) is 20.6. The molecule has 0 spiro atoms. The van der Waals surface area contributed by atoms with E-state index in [1.165, 1.54) is 37.7 Å². The van der Waals surface area contributed by atoms with Crippen molar-refractivity contribution in [3.05, 3.63) is 77.9 Å². The highest BCUT2D eigenvalue weighted by atomic mass is 19.2. The van der Waals surface area contributed by atoms with Crippen molar-refractivity contribution in [1.82, 2.24) is 0 Å². The van der Waals surface area contributed by atoms with Crippen LogP contribution < -0.4 is 5.32 Å². The van der Waals surface area contributed by atoms with Gasteiger partial charge in [-0.2, -0.15) is 0 Å². The monoisotopic (exact) mass is 405 g/mol. The highest BCUT2D eigenvalue weighted by molar-refractivity contribution is 5.72. The van der Waals surface area contributed by atoms with Crippen LogP contribution in [0, 0.1) is 11.6 Å². The Morgan fingerprint density at radius 2 is 1.27 bits per heavy atom. The molecule has 1 saturated carbocycles. The van der Waals surface area contributed by atoms with Crippen LogP contribution in [0.25, 0.3) is 22.3 Å². The lowest BCUT2D eigenvalue weighted by atomic mass is 9.83. The Balaban J connectivity index is 1.56. The van der Waals surface area contributed by atoms with E-state index in [1.807, 2.05) is 36.4 Å². The molecule has 1 N–H and O–H groups in total. The summed E-state index contributed by atoms with van der Waals surface area (Å²) in [6.07, 6.45) is 7.37. The standard InChI is InChI=1S/C27H29F2N/c1-2-18-30-23-14-12-22(13-15-23)25-17-16-24(26(28)27(25)29)21-10-8-20(9-11-21)19-6-4-3-5-7-19/h8-17,19,30H,2-7,18H2,1H3. The minimum atomic E-state index is -0.793. The van der Waals surface area contributed by atoms with Crippen LogP contribution in [0.2, 0.25) is 0 Å². The summed E-state index contributed by atoms with van der Waals surface area (Å²) in [4.78, 5) is 0. The lowest BCUT2D eigenvalue weighted by Gasteiger charge is -2.22. The van der Waals surface area contributed by atoms with E-state index in [0.29, 0.717) is 17.0 Å². The molecule has 0 radical (unpaired) electrons. The van der Waals surface area contributed by atoms with Gasteiger partial charge in [0, 0.05) is 23.4 Å². The minimum absolute atomic E-state index is 0.289. The second-order valence-corrected chi connectivity index (χ2v) is 8.25. The van der Waals surface area contributed by atoms with E-state index in [4.69, 9.17) is 0 Å². The van der Waals surface area contributed by atoms with Crippen molar-refractivity contribution in [2.24, 2.45) is 0 Å². The molecule has 0 atom stereocenters. The zero-order valence-corrected chi connectivity index (χ0v) is 17.6. The largest absolute Gasteiger partial charge is 0.385 e. The van der Waals surface area contributed by atoms with Crippen LogP contribution >= 0.6 is 0 Å². The molecule has 0 aliphatic heterocycles. The van der Waals surface area contributed by atoms with E-state index in [2.05, 4.69) is 24.4 Å². The number of anilines is 1. The molecule has 3 aromatic carbocycles. The average Bonchev–Trinajstić information content (AvgIpc) is 2.81. The molecule has 3 aromatic rings. The molecule has 0 heterocycles. The number of hydrogen-bond donors (Lipinski definition) is 1. The van der Waals surface area contributed by atoms with E-state index >= 15 is 0 Å². The van der Waals surface area contributed by atoms with Crippen molar-refractivity contribution >= 4 is 5.69 Å². The molecule has 4 rings (SSSR count). The Morgan fingerprint density at radius 3 is 1.80 bits per heavy atom. The maximum absolute atomic E-state index is 14.9. The van der Waals surface area contributed by atoms with Gasteiger partial charge >= 0.3 is 0 Å². The van der Waals surface area contributed by atoms with Gasteiger partial charge in [-0.3, -0.25) is 0 Å². The van der Waals surface area contributed by atoms with Crippen molar-refractivity contribution < 1.29 is 8.78 Å². The topological polar surface area (TPSA) is 12.0 Å². The molecule has 3 heteroatoms. The van der Waals surface area contributed by atoms with Gasteiger partial charge in [-0.1, -0.05) is 74.7 Å². The lowest BCUT2D eigenvalue weighted by Crippen LogP contribution is -2.04. The van der Waals surface area contributed by atoms with Crippen LogP contribution in [0.4, 0.5) is 14.5 Å². The molecule has 156 valence electrons. The Hall–Kier alpha value is -2.68. The molecule has 1 aliphatic rings. The number of rotatable bonds is 6. The number of hydrogen-bond acceptors (Lipinski definition) is 1. The second kappa shape index (κ2) is 9.42. The first-order chi connectivity index (χ1) is 14.7. The van der Waals surface area contributed by atoms with Crippen LogP contribution in [-0.4, -0.2) is 6.54 Å². The van der Waals surface area contributed by atoms with Gasteiger partial charge in [-0.05, 0) is 54.0 Å². The third-order valence-corrected chi connectivity index (χ3v) is 6.16. The summed E-state index contributed by atoms with van der Waals surface area (Å²) in [7, 11) is 0. The van der Waals surface area contributed by atoms with Crippen LogP contribution in [0.3, 0.4) is 0 Å². The lowest BCUT2D eigenvalue weighted by molar-refractivity contribution is 0.443. The highest BCUT2D eigenvalue weighted by Crippen LogP contribution is 2.35. The van der Waals surface area contributed by atoms with Gasteiger partial charge in [-0.15, -0.1) is 0 Å². The summed E-state index contributed by atoms with van der Waals surface area (Å²) < 4.78 is 29.9.